The number of amidine groups is 2. The summed E-state index contributed by atoms with van der Waals surface area (Å²) >= 11 is 0. The second-order valence-corrected chi connectivity index (χ2v) is 15.9. The maximum absolute atomic E-state index is 13.4. The Kier molecular flexibility index (Phi) is 20.8. The van der Waals surface area contributed by atoms with Crippen LogP contribution < -0.4 is 5.32 Å². The SMILES string of the molecule is CCCCC1=NC2(CCCC2)C(=O)N1Cc1ccc(-c2ccccc2C2=NCN=N2)cc1.CNC(=O)CCOCCOCCOCCOCCOCc1cn(CCC(C)C)nn1. The van der Waals surface area contributed by atoms with E-state index in [1.807, 2.05) is 34.0 Å². The molecule has 0 unspecified atom stereocenters. The Morgan fingerprint density at radius 1 is 0.855 bits per heavy atom. The van der Waals surface area contributed by atoms with Gasteiger partial charge in [-0.1, -0.05) is 93.8 Å². The zero-order valence-electron chi connectivity index (χ0n) is 37.3. The van der Waals surface area contributed by atoms with Gasteiger partial charge in [-0.05, 0) is 48.3 Å². The summed E-state index contributed by atoms with van der Waals surface area (Å²) in [5.41, 5.74) is 4.67. The van der Waals surface area contributed by atoms with Gasteiger partial charge in [0, 0.05) is 32.0 Å². The molecule has 16 heteroatoms. The smallest absolute Gasteiger partial charge is 0.256 e. The minimum Gasteiger partial charge on any atom is -0.379 e. The lowest BCUT2D eigenvalue weighted by Gasteiger charge is -2.23. The number of hydrogen-bond donors (Lipinski definition) is 1. The third-order valence-corrected chi connectivity index (χ3v) is 10.7. The van der Waals surface area contributed by atoms with E-state index in [9.17, 15) is 9.59 Å². The molecule has 2 amide bonds. The number of aromatic nitrogens is 3. The minimum absolute atomic E-state index is 0.0281. The number of nitrogens with zero attached hydrogens (tertiary/aromatic N) is 8. The normalized spacial score (nSPS) is 15.4. The van der Waals surface area contributed by atoms with Gasteiger partial charge in [0.15, 0.2) is 12.5 Å². The van der Waals surface area contributed by atoms with Gasteiger partial charge in [-0.2, -0.15) is 5.11 Å². The van der Waals surface area contributed by atoms with Crippen LogP contribution in [-0.2, 0) is 53.0 Å². The second kappa shape index (κ2) is 26.7. The fourth-order valence-corrected chi connectivity index (χ4v) is 7.22. The van der Waals surface area contributed by atoms with E-state index in [4.69, 9.17) is 28.7 Å². The maximum Gasteiger partial charge on any atom is 0.256 e. The lowest BCUT2D eigenvalue weighted by atomic mass is 9.97. The van der Waals surface area contributed by atoms with Gasteiger partial charge < -0.3 is 29.0 Å². The number of aliphatic imine (C=N–C) groups is 2. The molecular weight excluding hydrogens is 791 g/mol. The molecule has 3 heterocycles. The van der Waals surface area contributed by atoms with Crippen LogP contribution in [0, 0.1) is 5.92 Å². The van der Waals surface area contributed by atoms with E-state index >= 15 is 0 Å². The number of carbonyl (C=O) groups excluding carboxylic acids is 2. The van der Waals surface area contributed by atoms with Crippen molar-refractivity contribution in [3.63, 3.8) is 0 Å². The molecule has 3 aromatic rings. The number of rotatable bonds is 27. The van der Waals surface area contributed by atoms with Crippen molar-refractivity contribution in [2.24, 2.45) is 26.1 Å². The summed E-state index contributed by atoms with van der Waals surface area (Å²) in [7, 11) is 1.61. The van der Waals surface area contributed by atoms with Crippen molar-refractivity contribution in [3.05, 3.63) is 71.5 Å². The summed E-state index contributed by atoms with van der Waals surface area (Å²) in [4.78, 5) is 35.7. The fraction of sp³-hybridized carbons (Fsp3) is 0.609. The van der Waals surface area contributed by atoms with Crippen molar-refractivity contribution in [3.8, 4) is 11.1 Å². The summed E-state index contributed by atoms with van der Waals surface area (Å²) in [6.07, 6.45) is 10.4. The first-order valence-electron chi connectivity index (χ1n) is 22.3. The highest BCUT2D eigenvalue weighted by Crippen LogP contribution is 2.40. The Morgan fingerprint density at radius 3 is 2.11 bits per heavy atom. The van der Waals surface area contributed by atoms with Gasteiger partial charge in [-0.15, -0.1) is 10.2 Å². The zero-order valence-corrected chi connectivity index (χ0v) is 37.3. The molecular formula is C46H67N9O7. The number of amides is 2. The zero-order chi connectivity index (χ0) is 43.8. The predicted octanol–water partition coefficient (Wildman–Crippen LogP) is 6.81. The highest BCUT2D eigenvalue weighted by atomic mass is 16.6. The van der Waals surface area contributed by atoms with Crippen molar-refractivity contribution in [1.29, 1.82) is 0 Å². The van der Waals surface area contributed by atoms with Gasteiger partial charge >= 0.3 is 0 Å². The molecule has 1 aromatic heterocycles. The van der Waals surface area contributed by atoms with Gasteiger partial charge in [-0.25, -0.2) is 4.99 Å². The van der Waals surface area contributed by atoms with Crippen LogP contribution in [0.25, 0.3) is 11.1 Å². The maximum atomic E-state index is 13.4. The summed E-state index contributed by atoms with van der Waals surface area (Å²) in [5, 5.41) is 18.9. The molecule has 1 saturated carbocycles. The molecule has 2 aromatic carbocycles. The average molecular weight is 858 g/mol. The van der Waals surface area contributed by atoms with Gasteiger partial charge in [0.1, 0.15) is 17.1 Å². The van der Waals surface area contributed by atoms with E-state index in [-0.39, 0.29) is 11.8 Å². The van der Waals surface area contributed by atoms with Crippen LogP contribution in [0.4, 0.5) is 0 Å². The Balaban J connectivity index is 0.000000235. The van der Waals surface area contributed by atoms with Crippen molar-refractivity contribution < 1.29 is 33.3 Å². The molecule has 0 bridgehead atoms. The molecule has 1 N–H and O–H groups in total. The average Bonchev–Trinajstić information content (AvgIpc) is 4.13. The number of azo groups is 1. The molecule has 3 aliphatic rings. The quantitative estimate of drug-likeness (QED) is 0.0808. The number of nitrogens with one attached hydrogen (secondary N) is 1. The molecule has 6 rings (SSSR count). The van der Waals surface area contributed by atoms with Gasteiger partial charge in [0.05, 0.1) is 78.8 Å². The topological polar surface area (TPSA) is 176 Å². The largest absolute Gasteiger partial charge is 0.379 e. The van der Waals surface area contributed by atoms with E-state index in [0.717, 1.165) is 91.7 Å². The number of benzene rings is 2. The van der Waals surface area contributed by atoms with Gasteiger partial charge in [-0.3, -0.25) is 24.2 Å². The number of ether oxygens (including phenoxy) is 5. The minimum atomic E-state index is -0.474. The molecule has 0 radical (unpaired) electrons. The summed E-state index contributed by atoms with van der Waals surface area (Å²) in [6.45, 7) is 13.3. The molecule has 2 aliphatic heterocycles. The van der Waals surface area contributed by atoms with Crippen LogP contribution in [0.1, 0.15) is 95.4 Å². The second-order valence-electron chi connectivity index (χ2n) is 15.9. The Labute approximate surface area is 366 Å². The van der Waals surface area contributed by atoms with Crippen LogP contribution in [0.5, 0.6) is 0 Å². The molecule has 1 aliphatic carbocycles. The van der Waals surface area contributed by atoms with Crippen molar-refractivity contribution in [2.45, 2.75) is 104 Å². The van der Waals surface area contributed by atoms with E-state index in [2.05, 4.69) is 82.0 Å². The third-order valence-electron chi connectivity index (χ3n) is 10.7. The molecule has 338 valence electrons. The van der Waals surface area contributed by atoms with Crippen molar-refractivity contribution in [2.75, 3.05) is 73.2 Å². The molecule has 16 nitrogen and oxygen atoms in total. The van der Waals surface area contributed by atoms with Crippen LogP contribution in [-0.4, -0.2) is 122 Å². The van der Waals surface area contributed by atoms with E-state index in [0.29, 0.717) is 97.5 Å². The lowest BCUT2D eigenvalue weighted by Crippen LogP contribution is -2.40. The molecule has 0 saturated heterocycles. The molecule has 1 spiro atoms. The third kappa shape index (κ3) is 15.6. The molecule has 62 heavy (non-hydrogen) atoms. The Bertz CT molecular complexity index is 1890. The number of aryl methyl sites for hydroxylation is 1. The first-order chi connectivity index (χ1) is 30.3. The highest BCUT2D eigenvalue weighted by Gasteiger charge is 2.49. The Hall–Kier alpha value is -4.74. The number of unbranched alkanes of at least 4 members (excludes halogenated alkanes) is 1. The Morgan fingerprint density at radius 2 is 1.50 bits per heavy atom. The van der Waals surface area contributed by atoms with Crippen molar-refractivity contribution >= 4 is 23.5 Å². The predicted molar refractivity (Wildman–Crippen MR) is 238 cm³/mol. The van der Waals surface area contributed by atoms with Gasteiger partial charge in [0.25, 0.3) is 5.91 Å². The standard InChI is InChI=1S/C26H29N5O.C20H38N4O6/c1-2-3-10-23-29-26(15-6-7-16-26)25(32)31(23)17-19-11-13-20(14-12-19)21-8-4-5-9-22(21)24-27-18-28-30-24;1-18(2)4-6-24-16-19(22-23-24)17-30-15-14-29-13-12-28-11-10-27-9-8-26-7-5-20(25)21-3/h4-5,8-9,11-14H,2-3,6-7,10,15-18H2,1H3;16,18H,4-15,17H2,1-3H3,(H,21,25). The van der Waals surface area contributed by atoms with Crippen LogP contribution in [0.3, 0.4) is 0 Å². The molecule has 0 atom stereocenters. The van der Waals surface area contributed by atoms with E-state index in [1.165, 1.54) is 0 Å². The monoisotopic (exact) mass is 858 g/mol. The summed E-state index contributed by atoms with van der Waals surface area (Å²) in [6, 6.07) is 16.6. The summed E-state index contributed by atoms with van der Waals surface area (Å²) < 4.78 is 28.9. The van der Waals surface area contributed by atoms with Crippen LogP contribution in [0.2, 0.25) is 0 Å². The van der Waals surface area contributed by atoms with Crippen molar-refractivity contribution in [1.82, 2.24) is 25.2 Å². The fourth-order valence-electron chi connectivity index (χ4n) is 7.22. The summed E-state index contributed by atoms with van der Waals surface area (Å²) in [5.74, 6) is 2.50. The van der Waals surface area contributed by atoms with Gasteiger partial charge in [0.2, 0.25) is 5.91 Å². The first-order valence-corrected chi connectivity index (χ1v) is 22.3. The first kappa shape index (κ1) is 48.3. The number of hydrogen-bond acceptors (Lipinski definition) is 13. The van der Waals surface area contributed by atoms with E-state index in [1.54, 1.807) is 7.05 Å². The molecule has 1 fully saturated rings. The number of carbonyl (C=O) groups is 2. The highest BCUT2D eigenvalue weighted by molar-refractivity contribution is 6.08. The lowest BCUT2D eigenvalue weighted by molar-refractivity contribution is -0.131. The van der Waals surface area contributed by atoms with Crippen LogP contribution in [0.15, 0.2) is 74.9 Å². The van der Waals surface area contributed by atoms with Crippen LogP contribution >= 0.6 is 0 Å². The van der Waals surface area contributed by atoms with E-state index < -0.39 is 5.54 Å².